The van der Waals surface area contributed by atoms with E-state index in [1.807, 2.05) is 20.8 Å². The first-order chi connectivity index (χ1) is 10.0. The zero-order chi connectivity index (χ0) is 16.7. The summed E-state index contributed by atoms with van der Waals surface area (Å²) in [6, 6.07) is 2.63. The number of sulfonamides is 1. The first-order valence-corrected chi connectivity index (χ1v) is 8.01. The van der Waals surface area contributed by atoms with Crippen molar-refractivity contribution < 1.29 is 17.2 Å². The van der Waals surface area contributed by atoms with E-state index in [2.05, 4.69) is 9.82 Å². The lowest BCUT2D eigenvalue weighted by molar-refractivity contribution is 0.538. The van der Waals surface area contributed by atoms with Crippen molar-refractivity contribution in [1.82, 2.24) is 9.78 Å². The minimum Gasteiger partial charge on any atom is -0.277 e. The normalized spacial score (nSPS) is 12.5. The monoisotopic (exact) mass is 329 g/mol. The number of rotatable bonds is 3. The molecular formula is C14H17F2N3O2S. The Balaban J connectivity index is 2.48. The molecule has 22 heavy (non-hydrogen) atoms. The molecule has 0 aliphatic carbocycles. The molecular weight excluding hydrogens is 312 g/mol. The Kier molecular flexibility index (Phi) is 3.99. The molecule has 1 aromatic carbocycles. The van der Waals surface area contributed by atoms with Crippen molar-refractivity contribution in [3.05, 3.63) is 41.7 Å². The number of halogens is 2. The molecule has 8 heteroatoms. The zero-order valence-electron chi connectivity index (χ0n) is 12.7. The van der Waals surface area contributed by atoms with Gasteiger partial charge in [-0.2, -0.15) is 5.10 Å². The molecule has 1 N–H and O–H groups in total. The number of nitrogens with zero attached hydrogens (tertiary/aromatic N) is 2. The van der Waals surface area contributed by atoms with Crippen molar-refractivity contribution in [3.8, 4) is 0 Å². The summed E-state index contributed by atoms with van der Waals surface area (Å²) in [5, 5.41) is 4.17. The number of hydrogen-bond acceptors (Lipinski definition) is 3. The highest BCUT2D eigenvalue weighted by molar-refractivity contribution is 7.92. The van der Waals surface area contributed by atoms with Crippen LogP contribution in [-0.4, -0.2) is 18.2 Å². The van der Waals surface area contributed by atoms with Crippen molar-refractivity contribution in [3.63, 3.8) is 0 Å². The molecule has 0 atom stereocenters. The standard InChI is InChI=1S/C14H17F2N3O2S/c1-14(2,3)13-12(8-19(4)17-13)22(20,21)18-11-6-5-9(15)7-10(11)16/h5-8,18H,1-4H3. The average Bonchev–Trinajstić information content (AvgIpc) is 2.76. The summed E-state index contributed by atoms with van der Waals surface area (Å²) in [6.45, 7) is 5.48. The molecule has 0 aliphatic rings. The Labute approximate surface area is 128 Å². The Morgan fingerprint density at radius 3 is 2.41 bits per heavy atom. The summed E-state index contributed by atoms with van der Waals surface area (Å²) in [5.41, 5.74) is -0.456. The van der Waals surface area contributed by atoms with Crippen molar-refractivity contribution in [2.45, 2.75) is 31.1 Å². The quantitative estimate of drug-likeness (QED) is 0.942. The molecule has 1 heterocycles. The Hall–Kier alpha value is -1.96. The van der Waals surface area contributed by atoms with Crippen molar-refractivity contribution in [2.75, 3.05) is 4.72 Å². The Bertz CT molecular complexity index is 808. The van der Waals surface area contributed by atoms with Crippen LogP contribution in [-0.2, 0) is 22.5 Å². The van der Waals surface area contributed by atoms with E-state index in [0.29, 0.717) is 11.8 Å². The number of hydrogen-bond donors (Lipinski definition) is 1. The van der Waals surface area contributed by atoms with Gasteiger partial charge in [-0.15, -0.1) is 0 Å². The number of aromatic nitrogens is 2. The van der Waals surface area contributed by atoms with E-state index in [9.17, 15) is 17.2 Å². The van der Waals surface area contributed by atoms with E-state index >= 15 is 0 Å². The Morgan fingerprint density at radius 2 is 1.86 bits per heavy atom. The molecule has 1 aromatic heterocycles. The number of nitrogens with one attached hydrogen (secondary N) is 1. The summed E-state index contributed by atoms with van der Waals surface area (Å²) in [7, 11) is -2.43. The van der Waals surface area contributed by atoms with Gasteiger partial charge < -0.3 is 0 Å². The second kappa shape index (κ2) is 5.35. The average molecular weight is 329 g/mol. The lowest BCUT2D eigenvalue weighted by atomic mass is 9.92. The van der Waals surface area contributed by atoms with Gasteiger partial charge in [-0.3, -0.25) is 9.40 Å². The van der Waals surface area contributed by atoms with Crippen LogP contribution < -0.4 is 4.72 Å². The van der Waals surface area contributed by atoms with Gasteiger partial charge in [0, 0.05) is 24.7 Å². The summed E-state index contributed by atoms with van der Waals surface area (Å²) in [6.07, 6.45) is 1.35. The lowest BCUT2D eigenvalue weighted by Gasteiger charge is -2.18. The minimum atomic E-state index is -4.04. The Morgan fingerprint density at radius 1 is 1.23 bits per heavy atom. The van der Waals surface area contributed by atoms with Gasteiger partial charge in [0.25, 0.3) is 10.0 Å². The maximum atomic E-state index is 13.6. The van der Waals surface area contributed by atoms with Gasteiger partial charge in [-0.1, -0.05) is 20.8 Å². The third kappa shape index (κ3) is 3.27. The van der Waals surface area contributed by atoms with E-state index < -0.39 is 27.1 Å². The van der Waals surface area contributed by atoms with Crippen molar-refractivity contribution in [1.29, 1.82) is 0 Å². The van der Waals surface area contributed by atoms with Crippen LogP contribution in [0.3, 0.4) is 0 Å². The molecule has 0 unspecified atom stereocenters. The summed E-state index contributed by atoms with van der Waals surface area (Å²) < 4.78 is 55.1. The molecule has 0 saturated carbocycles. The van der Waals surface area contributed by atoms with Crippen LogP contribution in [0.15, 0.2) is 29.3 Å². The summed E-state index contributed by atoms with van der Waals surface area (Å²) in [4.78, 5) is -0.0359. The first-order valence-electron chi connectivity index (χ1n) is 6.53. The predicted octanol–water partition coefficient (Wildman–Crippen LogP) is 2.80. The van der Waals surface area contributed by atoms with Crippen LogP contribution in [0.2, 0.25) is 0 Å². The highest BCUT2D eigenvalue weighted by atomic mass is 32.2. The molecule has 0 fully saturated rings. The second-order valence-corrected chi connectivity index (χ2v) is 7.65. The molecule has 0 radical (unpaired) electrons. The van der Waals surface area contributed by atoms with Gasteiger partial charge in [-0.05, 0) is 12.1 Å². The maximum absolute atomic E-state index is 13.6. The van der Waals surface area contributed by atoms with Gasteiger partial charge in [0.2, 0.25) is 0 Å². The summed E-state index contributed by atoms with van der Waals surface area (Å²) in [5.74, 6) is -1.76. The fourth-order valence-corrected chi connectivity index (χ4v) is 3.41. The molecule has 0 saturated heterocycles. The van der Waals surface area contributed by atoms with Crippen LogP contribution >= 0.6 is 0 Å². The molecule has 0 aliphatic heterocycles. The molecule has 5 nitrogen and oxygen atoms in total. The van der Waals surface area contributed by atoms with Crippen molar-refractivity contribution >= 4 is 15.7 Å². The zero-order valence-corrected chi connectivity index (χ0v) is 13.5. The van der Waals surface area contributed by atoms with Gasteiger partial charge in [-0.25, -0.2) is 17.2 Å². The van der Waals surface area contributed by atoms with E-state index in [1.165, 1.54) is 10.9 Å². The van der Waals surface area contributed by atoms with Crippen LogP contribution in [0.1, 0.15) is 26.5 Å². The van der Waals surface area contributed by atoms with Gasteiger partial charge >= 0.3 is 0 Å². The van der Waals surface area contributed by atoms with E-state index in [1.54, 1.807) is 7.05 Å². The van der Waals surface area contributed by atoms with Gasteiger partial charge in [0.05, 0.1) is 11.4 Å². The van der Waals surface area contributed by atoms with Crippen LogP contribution in [0.4, 0.5) is 14.5 Å². The predicted molar refractivity (Wildman–Crippen MR) is 79.1 cm³/mol. The lowest BCUT2D eigenvalue weighted by Crippen LogP contribution is -2.20. The molecule has 2 rings (SSSR count). The maximum Gasteiger partial charge on any atom is 0.265 e. The fraction of sp³-hybridized carbons (Fsp3) is 0.357. The largest absolute Gasteiger partial charge is 0.277 e. The minimum absolute atomic E-state index is 0.0359. The second-order valence-electron chi connectivity index (χ2n) is 6.00. The molecule has 0 amide bonds. The highest BCUT2D eigenvalue weighted by Gasteiger charge is 2.30. The number of aryl methyl sites for hydroxylation is 1. The number of anilines is 1. The van der Waals surface area contributed by atoms with E-state index in [-0.39, 0.29) is 10.6 Å². The van der Waals surface area contributed by atoms with E-state index in [0.717, 1.165) is 12.1 Å². The molecule has 0 bridgehead atoms. The smallest absolute Gasteiger partial charge is 0.265 e. The van der Waals surface area contributed by atoms with Crippen molar-refractivity contribution in [2.24, 2.45) is 7.05 Å². The third-order valence-corrected chi connectivity index (χ3v) is 4.34. The third-order valence-electron chi connectivity index (χ3n) is 2.97. The van der Waals surface area contributed by atoms with Gasteiger partial charge in [0.1, 0.15) is 16.5 Å². The topological polar surface area (TPSA) is 64.0 Å². The molecule has 120 valence electrons. The SMILES string of the molecule is Cn1cc(S(=O)(=O)Nc2ccc(F)cc2F)c(C(C)(C)C)n1. The number of benzene rings is 1. The first kappa shape index (κ1) is 16.4. The van der Waals surface area contributed by atoms with Gasteiger partial charge in [0.15, 0.2) is 0 Å². The molecule has 0 spiro atoms. The van der Waals surface area contributed by atoms with Crippen LogP contribution in [0, 0.1) is 11.6 Å². The van der Waals surface area contributed by atoms with Crippen LogP contribution in [0.5, 0.6) is 0 Å². The highest BCUT2D eigenvalue weighted by Crippen LogP contribution is 2.29. The molecule has 2 aromatic rings. The van der Waals surface area contributed by atoms with E-state index in [4.69, 9.17) is 0 Å². The fourth-order valence-electron chi connectivity index (χ4n) is 1.95. The summed E-state index contributed by atoms with van der Waals surface area (Å²) >= 11 is 0. The van der Waals surface area contributed by atoms with Crippen LogP contribution in [0.25, 0.3) is 0 Å².